The Morgan fingerprint density at radius 1 is 1.70 bits per heavy atom. The summed E-state index contributed by atoms with van der Waals surface area (Å²) in [4.78, 5) is 0.162. The van der Waals surface area contributed by atoms with Crippen molar-refractivity contribution in [3.8, 4) is 0 Å². The molecular weight excluding hydrogens is 134 g/mol. The van der Waals surface area contributed by atoms with E-state index in [1.165, 1.54) is 5.01 Å². The topological polar surface area (TPSA) is 61.9 Å². The molecule has 0 bridgehead atoms. The summed E-state index contributed by atoms with van der Waals surface area (Å²) < 4.78 is 0. The van der Waals surface area contributed by atoms with E-state index in [2.05, 4.69) is 5.28 Å². The standard InChI is InChI=1S/C5H13N3O2/c1-3-4-5-7(2)8(10)6-9/h9H,3-5H2,1-2H3. The average Bonchev–Trinajstić information content (AvgIpc) is 1.98. The zero-order valence-electron chi connectivity index (χ0n) is 6.32. The van der Waals surface area contributed by atoms with Crippen molar-refractivity contribution in [2.75, 3.05) is 13.6 Å². The highest BCUT2D eigenvalue weighted by Gasteiger charge is 2.02. The predicted octanol–water partition coefficient (Wildman–Crippen LogP) is 0.985. The van der Waals surface area contributed by atoms with Gasteiger partial charge in [0.2, 0.25) is 5.28 Å². The monoisotopic (exact) mass is 147 g/mol. The van der Waals surface area contributed by atoms with Crippen molar-refractivity contribution in [2.24, 2.45) is 5.28 Å². The zero-order valence-corrected chi connectivity index (χ0v) is 6.32. The minimum Gasteiger partial charge on any atom is -0.569 e. The SMILES string of the molecule is CCCCN(C)[N+]([O-])=NO. The molecule has 0 radical (unpaired) electrons. The Hall–Kier alpha value is -1.00. The summed E-state index contributed by atoms with van der Waals surface area (Å²) in [6.07, 6.45) is 1.94. The Balaban J connectivity index is 3.51. The van der Waals surface area contributed by atoms with E-state index < -0.39 is 0 Å². The van der Waals surface area contributed by atoms with Crippen molar-refractivity contribution in [1.29, 1.82) is 0 Å². The summed E-state index contributed by atoms with van der Waals surface area (Å²) in [5.41, 5.74) is 0. The van der Waals surface area contributed by atoms with Crippen LogP contribution in [0, 0.1) is 5.21 Å². The molecule has 0 atom stereocenters. The Bertz CT molecular complexity index is 115. The van der Waals surface area contributed by atoms with E-state index in [9.17, 15) is 5.21 Å². The van der Waals surface area contributed by atoms with E-state index in [0.29, 0.717) is 6.54 Å². The van der Waals surface area contributed by atoms with E-state index in [1.807, 2.05) is 6.92 Å². The number of nitrogens with zero attached hydrogens (tertiary/aromatic N) is 3. The second kappa shape index (κ2) is 4.84. The summed E-state index contributed by atoms with van der Waals surface area (Å²) in [5, 5.41) is 22.2. The molecule has 0 aliphatic heterocycles. The van der Waals surface area contributed by atoms with Crippen LogP contribution >= 0.6 is 0 Å². The predicted molar refractivity (Wildman–Crippen MR) is 35.4 cm³/mol. The van der Waals surface area contributed by atoms with Gasteiger partial charge in [0.1, 0.15) is 0 Å². The zero-order chi connectivity index (χ0) is 7.98. The van der Waals surface area contributed by atoms with E-state index in [4.69, 9.17) is 5.21 Å². The first-order valence-electron chi connectivity index (χ1n) is 3.25. The van der Waals surface area contributed by atoms with Crippen LogP contribution in [0.5, 0.6) is 0 Å². The summed E-state index contributed by atoms with van der Waals surface area (Å²) >= 11 is 0. The second-order valence-electron chi connectivity index (χ2n) is 2.08. The van der Waals surface area contributed by atoms with E-state index in [1.54, 1.807) is 7.05 Å². The molecule has 0 spiro atoms. The maximum absolute atomic E-state index is 10.4. The molecule has 0 rings (SSSR count). The molecule has 0 aliphatic rings. The molecule has 0 unspecified atom stereocenters. The van der Waals surface area contributed by atoms with Gasteiger partial charge in [-0.25, -0.2) is 0 Å². The lowest BCUT2D eigenvalue weighted by molar-refractivity contribution is -0.704. The van der Waals surface area contributed by atoms with Crippen molar-refractivity contribution in [1.82, 2.24) is 5.01 Å². The van der Waals surface area contributed by atoms with Crippen molar-refractivity contribution in [3.63, 3.8) is 0 Å². The lowest BCUT2D eigenvalue weighted by Crippen LogP contribution is -2.26. The van der Waals surface area contributed by atoms with Crippen LogP contribution in [0.2, 0.25) is 0 Å². The molecule has 0 amide bonds. The normalized spacial score (nSPS) is 11.6. The third-order valence-corrected chi connectivity index (χ3v) is 1.20. The van der Waals surface area contributed by atoms with Gasteiger partial charge in [-0.3, -0.25) is 0 Å². The van der Waals surface area contributed by atoms with Gasteiger partial charge in [0, 0.05) is 0 Å². The van der Waals surface area contributed by atoms with Crippen LogP contribution < -0.4 is 0 Å². The summed E-state index contributed by atoms with van der Waals surface area (Å²) in [7, 11) is 1.57. The van der Waals surface area contributed by atoms with Crippen LogP contribution in [-0.2, 0) is 0 Å². The molecule has 0 aromatic heterocycles. The highest BCUT2D eigenvalue weighted by molar-refractivity contribution is 4.35. The Labute approximate surface area is 60.1 Å². The van der Waals surface area contributed by atoms with E-state index >= 15 is 0 Å². The minimum absolute atomic E-state index is 0.162. The fourth-order valence-corrected chi connectivity index (χ4v) is 0.541. The van der Waals surface area contributed by atoms with Crippen LogP contribution in [-0.4, -0.2) is 28.8 Å². The number of unbranched alkanes of at least 4 members (excludes halogenated alkanes) is 1. The Morgan fingerprint density at radius 2 is 2.30 bits per heavy atom. The fraction of sp³-hybridized carbons (Fsp3) is 1.00. The maximum Gasteiger partial charge on any atom is 0.230 e. The van der Waals surface area contributed by atoms with Crippen LogP contribution in [0.4, 0.5) is 0 Å². The van der Waals surface area contributed by atoms with Gasteiger partial charge in [0.05, 0.1) is 18.6 Å². The van der Waals surface area contributed by atoms with Crippen molar-refractivity contribution in [3.05, 3.63) is 5.21 Å². The van der Waals surface area contributed by atoms with Crippen LogP contribution in [0.25, 0.3) is 0 Å². The van der Waals surface area contributed by atoms with Gasteiger partial charge < -0.3 is 10.4 Å². The van der Waals surface area contributed by atoms with Gasteiger partial charge in [-0.05, 0) is 6.42 Å². The smallest absolute Gasteiger partial charge is 0.230 e. The highest BCUT2D eigenvalue weighted by Crippen LogP contribution is 1.91. The molecule has 0 aromatic rings. The first-order valence-corrected chi connectivity index (χ1v) is 3.25. The van der Waals surface area contributed by atoms with Gasteiger partial charge in [0.15, 0.2) is 0 Å². The Kier molecular flexibility index (Phi) is 4.36. The summed E-state index contributed by atoms with van der Waals surface area (Å²) in [5.74, 6) is 0. The number of hydrazine groups is 1. The molecule has 0 saturated carbocycles. The minimum atomic E-state index is 0.162. The van der Waals surface area contributed by atoms with Crippen molar-refractivity contribution in [2.45, 2.75) is 19.8 Å². The van der Waals surface area contributed by atoms with E-state index in [-0.39, 0.29) is 4.97 Å². The lowest BCUT2D eigenvalue weighted by atomic mass is 10.3. The molecule has 10 heavy (non-hydrogen) atoms. The number of hydrogen-bond donors (Lipinski definition) is 1. The van der Waals surface area contributed by atoms with Crippen molar-refractivity contribution < 1.29 is 10.2 Å². The van der Waals surface area contributed by atoms with Gasteiger partial charge in [0.25, 0.3) is 0 Å². The molecule has 0 heterocycles. The van der Waals surface area contributed by atoms with Crippen LogP contribution in [0.1, 0.15) is 19.8 Å². The van der Waals surface area contributed by atoms with Crippen LogP contribution in [0.15, 0.2) is 5.28 Å². The second-order valence-corrected chi connectivity index (χ2v) is 2.08. The number of rotatable bonds is 4. The molecule has 0 aromatic carbocycles. The summed E-state index contributed by atoms with van der Waals surface area (Å²) in [6.45, 7) is 2.64. The molecule has 60 valence electrons. The van der Waals surface area contributed by atoms with E-state index in [0.717, 1.165) is 12.8 Å². The van der Waals surface area contributed by atoms with Crippen molar-refractivity contribution >= 4 is 0 Å². The molecule has 5 nitrogen and oxygen atoms in total. The molecule has 5 heteroatoms. The van der Waals surface area contributed by atoms with Gasteiger partial charge in [-0.1, -0.05) is 13.3 Å². The third kappa shape index (κ3) is 3.11. The molecule has 0 saturated heterocycles. The molecule has 1 N–H and O–H groups in total. The number of hydrogen-bond acceptors (Lipinski definition) is 2. The molecule has 0 fully saturated rings. The molecular formula is C5H13N3O2. The first kappa shape index (κ1) is 9.00. The average molecular weight is 147 g/mol. The lowest BCUT2D eigenvalue weighted by Gasteiger charge is -2.10. The molecule has 0 aliphatic carbocycles. The van der Waals surface area contributed by atoms with Gasteiger partial charge in [-0.2, -0.15) is 0 Å². The largest absolute Gasteiger partial charge is 0.569 e. The Morgan fingerprint density at radius 3 is 2.70 bits per heavy atom. The van der Waals surface area contributed by atoms with Gasteiger partial charge in [-0.15, -0.1) is 5.01 Å². The maximum atomic E-state index is 10.4. The van der Waals surface area contributed by atoms with Crippen LogP contribution in [0.3, 0.4) is 0 Å². The summed E-state index contributed by atoms with van der Waals surface area (Å²) in [6, 6.07) is 0. The van der Waals surface area contributed by atoms with Gasteiger partial charge >= 0.3 is 0 Å². The third-order valence-electron chi connectivity index (χ3n) is 1.20. The highest BCUT2D eigenvalue weighted by atomic mass is 16.6. The first-order chi connectivity index (χ1) is 4.72. The fourth-order valence-electron chi connectivity index (χ4n) is 0.541. The quantitative estimate of drug-likeness (QED) is 0.366.